The second kappa shape index (κ2) is 11.0. The fourth-order valence-electron chi connectivity index (χ4n) is 3.47. The van der Waals surface area contributed by atoms with Crippen molar-refractivity contribution in [3.05, 3.63) is 29.8 Å². The van der Waals surface area contributed by atoms with E-state index in [2.05, 4.69) is 47.7 Å². The lowest BCUT2D eigenvalue weighted by Crippen LogP contribution is -2.43. The van der Waals surface area contributed by atoms with Gasteiger partial charge in [-0.1, -0.05) is 46.8 Å². The zero-order valence-electron chi connectivity index (χ0n) is 20.7. The maximum atomic E-state index is 12.6. The lowest BCUT2D eigenvalue weighted by Gasteiger charge is -2.38. The summed E-state index contributed by atoms with van der Waals surface area (Å²) >= 11 is 0. The van der Waals surface area contributed by atoms with E-state index in [4.69, 9.17) is 18.6 Å². The van der Waals surface area contributed by atoms with E-state index < -0.39 is 8.32 Å². The number of esters is 1. The Kier molecular flexibility index (Phi) is 9.16. The van der Waals surface area contributed by atoms with Gasteiger partial charge in [-0.25, -0.2) is 0 Å². The van der Waals surface area contributed by atoms with Crippen LogP contribution in [0.3, 0.4) is 0 Å². The van der Waals surface area contributed by atoms with Gasteiger partial charge >= 0.3 is 5.97 Å². The zero-order valence-corrected chi connectivity index (χ0v) is 21.7. The van der Waals surface area contributed by atoms with Gasteiger partial charge in [-0.2, -0.15) is 0 Å². The molecule has 176 valence electrons. The van der Waals surface area contributed by atoms with Crippen molar-refractivity contribution in [2.24, 2.45) is 11.8 Å². The van der Waals surface area contributed by atoms with Crippen LogP contribution in [0.1, 0.15) is 59.4 Å². The van der Waals surface area contributed by atoms with Gasteiger partial charge < -0.3 is 18.6 Å². The Balaban J connectivity index is 1.89. The minimum Gasteiger partial charge on any atom is -0.497 e. The Morgan fingerprint density at radius 3 is 2.39 bits per heavy atom. The van der Waals surface area contributed by atoms with Crippen LogP contribution in [0.2, 0.25) is 18.1 Å². The summed E-state index contributed by atoms with van der Waals surface area (Å²) < 4.78 is 23.6. The van der Waals surface area contributed by atoms with Crippen molar-refractivity contribution in [1.29, 1.82) is 0 Å². The van der Waals surface area contributed by atoms with Gasteiger partial charge in [0.05, 0.1) is 26.2 Å². The molecule has 0 spiro atoms. The van der Waals surface area contributed by atoms with Gasteiger partial charge in [0.2, 0.25) is 0 Å². The van der Waals surface area contributed by atoms with E-state index >= 15 is 0 Å². The van der Waals surface area contributed by atoms with E-state index in [9.17, 15) is 4.79 Å². The summed E-state index contributed by atoms with van der Waals surface area (Å²) in [6.07, 6.45) is 1.88. The summed E-state index contributed by atoms with van der Waals surface area (Å²) in [5.74, 6) is 1.13. The molecule has 0 N–H and O–H groups in total. The van der Waals surface area contributed by atoms with Gasteiger partial charge in [0.25, 0.3) is 0 Å². The van der Waals surface area contributed by atoms with Crippen LogP contribution in [0, 0.1) is 11.8 Å². The molecule has 4 atom stereocenters. The van der Waals surface area contributed by atoms with E-state index in [1.165, 1.54) is 0 Å². The molecule has 0 aromatic heterocycles. The fraction of sp³-hybridized carbons (Fsp3) is 0.720. The van der Waals surface area contributed by atoms with E-state index in [-0.39, 0.29) is 29.1 Å². The van der Waals surface area contributed by atoms with Crippen LogP contribution < -0.4 is 4.74 Å². The standard InChI is InChI=1S/C25H42O5Si/c1-18-9-14-22(19(2)16-29-31(7,8)25(3,4)5)30-24(26)15-23(18)28-17-20-10-12-21(27-6)13-11-20/h10-13,18-19,22-23H,9,14-17H2,1-8H3/t18-,19+,22-,23+/m0/s1. The third kappa shape index (κ3) is 7.61. The Morgan fingerprint density at radius 2 is 1.81 bits per heavy atom. The van der Waals surface area contributed by atoms with Crippen molar-refractivity contribution in [3.63, 3.8) is 0 Å². The molecule has 2 rings (SSSR count). The number of benzene rings is 1. The summed E-state index contributed by atoms with van der Waals surface area (Å²) in [7, 11) is -0.159. The van der Waals surface area contributed by atoms with E-state index in [0.29, 0.717) is 25.6 Å². The molecule has 0 radical (unpaired) electrons. The Bertz CT molecular complexity index is 695. The average molecular weight is 451 g/mol. The Labute approximate surface area is 189 Å². The molecule has 1 fully saturated rings. The van der Waals surface area contributed by atoms with Gasteiger partial charge in [-0.05, 0) is 54.6 Å². The van der Waals surface area contributed by atoms with Crippen molar-refractivity contribution in [2.75, 3.05) is 13.7 Å². The van der Waals surface area contributed by atoms with E-state index in [0.717, 1.165) is 24.2 Å². The lowest BCUT2D eigenvalue weighted by molar-refractivity contribution is -0.160. The van der Waals surface area contributed by atoms with Crippen molar-refractivity contribution in [3.8, 4) is 5.75 Å². The first-order valence-electron chi connectivity index (χ1n) is 11.5. The normalized spacial score (nSPS) is 24.1. The second-order valence-corrected chi connectivity index (χ2v) is 15.3. The highest BCUT2D eigenvalue weighted by molar-refractivity contribution is 6.74. The molecule has 0 saturated carbocycles. The first kappa shape index (κ1) is 25.9. The van der Waals surface area contributed by atoms with Gasteiger partial charge in [0.1, 0.15) is 11.9 Å². The molecule has 6 heteroatoms. The molecule has 1 heterocycles. The number of ether oxygens (including phenoxy) is 3. The summed E-state index contributed by atoms with van der Waals surface area (Å²) in [5.41, 5.74) is 1.07. The SMILES string of the molecule is COc1ccc(CO[C@@H]2CC(=O)O[C@H]([C@H](C)CO[Si](C)(C)C(C)(C)C)CC[C@@H]2C)cc1. The van der Waals surface area contributed by atoms with Crippen LogP contribution in [-0.2, 0) is 25.3 Å². The maximum absolute atomic E-state index is 12.6. The molecular formula is C25H42O5Si. The quantitative estimate of drug-likeness (QED) is 0.361. The summed E-state index contributed by atoms with van der Waals surface area (Å²) in [5, 5.41) is 0.174. The van der Waals surface area contributed by atoms with Crippen LogP contribution in [0.4, 0.5) is 0 Å². The summed E-state index contributed by atoms with van der Waals surface area (Å²) in [6.45, 7) is 16.7. The third-order valence-corrected chi connectivity index (χ3v) is 11.5. The van der Waals surface area contributed by atoms with Crippen LogP contribution in [-0.4, -0.2) is 40.2 Å². The monoisotopic (exact) mass is 450 g/mol. The van der Waals surface area contributed by atoms with Crippen molar-refractivity contribution < 1.29 is 23.4 Å². The van der Waals surface area contributed by atoms with Crippen molar-refractivity contribution >= 4 is 14.3 Å². The second-order valence-electron chi connectivity index (χ2n) is 10.5. The summed E-state index contributed by atoms with van der Waals surface area (Å²) in [4.78, 5) is 12.6. The number of cyclic esters (lactones) is 1. The molecular weight excluding hydrogens is 408 g/mol. The maximum Gasteiger partial charge on any atom is 0.308 e. The highest BCUT2D eigenvalue weighted by Crippen LogP contribution is 2.37. The molecule has 1 aromatic rings. The van der Waals surface area contributed by atoms with Gasteiger partial charge in [0, 0.05) is 12.5 Å². The predicted octanol–water partition coefficient (Wildman–Crippen LogP) is 5.97. The van der Waals surface area contributed by atoms with Crippen LogP contribution in [0.5, 0.6) is 5.75 Å². The van der Waals surface area contributed by atoms with Crippen molar-refractivity contribution in [2.45, 2.75) is 90.8 Å². The van der Waals surface area contributed by atoms with Gasteiger partial charge in [-0.15, -0.1) is 0 Å². The number of carbonyl (C=O) groups excluding carboxylic acids is 1. The molecule has 1 aromatic carbocycles. The van der Waals surface area contributed by atoms with Crippen LogP contribution in [0.25, 0.3) is 0 Å². The molecule has 0 bridgehead atoms. The third-order valence-electron chi connectivity index (χ3n) is 6.96. The Hall–Kier alpha value is -1.37. The molecule has 0 unspecified atom stereocenters. The lowest BCUT2D eigenvalue weighted by atomic mass is 9.90. The first-order valence-corrected chi connectivity index (χ1v) is 14.4. The number of methoxy groups -OCH3 is 1. The fourth-order valence-corrected chi connectivity index (χ4v) is 4.58. The predicted molar refractivity (Wildman–Crippen MR) is 127 cm³/mol. The first-order chi connectivity index (χ1) is 14.4. The van der Waals surface area contributed by atoms with Gasteiger partial charge in [0.15, 0.2) is 8.32 Å². The average Bonchev–Trinajstić information content (AvgIpc) is 2.70. The number of hydrogen-bond acceptors (Lipinski definition) is 5. The number of carbonyl (C=O) groups is 1. The molecule has 5 nitrogen and oxygen atoms in total. The van der Waals surface area contributed by atoms with Crippen LogP contribution >= 0.6 is 0 Å². The van der Waals surface area contributed by atoms with Crippen LogP contribution in [0.15, 0.2) is 24.3 Å². The molecule has 0 aliphatic carbocycles. The number of rotatable bonds is 8. The largest absolute Gasteiger partial charge is 0.497 e. The summed E-state index contributed by atoms with van der Waals surface area (Å²) in [6, 6.07) is 7.83. The highest BCUT2D eigenvalue weighted by Gasteiger charge is 2.38. The van der Waals surface area contributed by atoms with Gasteiger partial charge in [-0.3, -0.25) is 4.79 Å². The molecule has 1 aliphatic rings. The highest BCUT2D eigenvalue weighted by atomic mass is 28.4. The number of hydrogen-bond donors (Lipinski definition) is 0. The van der Waals surface area contributed by atoms with E-state index in [1.54, 1.807) is 7.11 Å². The minimum absolute atomic E-state index is 0.0951. The minimum atomic E-state index is -1.81. The molecule has 31 heavy (non-hydrogen) atoms. The molecule has 1 aliphatic heterocycles. The molecule has 0 amide bonds. The smallest absolute Gasteiger partial charge is 0.308 e. The molecule has 1 saturated heterocycles. The van der Waals surface area contributed by atoms with Crippen molar-refractivity contribution in [1.82, 2.24) is 0 Å². The zero-order chi connectivity index (χ0) is 23.2. The van der Waals surface area contributed by atoms with E-state index in [1.807, 2.05) is 24.3 Å². The topological polar surface area (TPSA) is 54.0 Å². The Morgan fingerprint density at radius 1 is 1.16 bits per heavy atom.